The summed E-state index contributed by atoms with van der Waals surface area (Å²) in [6.45, 7) is 10.5. The Labute approximate surface area is 386 Å². The van der Waals surface area contributed by atoms with Gasteiger partial charge in [-0.25, -0.2) is 14.4 Å². The number of hydrogen-bond donors (Lipinski definition) is 1. The molecule has 2 atom stereocenters. The number of alkyl carbamates (subject to hydrolysis) is 1. The van der Waals surface area contributed by atoms with Crippen LogP contribution >= 0.6 is 11.8 Å². The molecule has 1 aromatic heterocycles. The van der Waals surface area contributed by atoms with Crippen molar-refractivity contribution in [2.75, 3.05) is 17.4 Å². The maximum absolute atomic E-state index is 15.1. The lowest BCUT2D eigenvalue weighted by Crippen LogP contribution is -2.70. The van der Waals surface area contributed by atoms with Crippen molar-refractivity contribution in [3.63, 3.8) is 0 Å². The van der Waals surface area contributed by atoms with Crippen LogP contribution in [0.15, 0.2) is 132 Å². The molecule has 0 saturated carbocycles. The zero-order chi connectivity index (χ0) is 47.3. The molecule has 0 bridgehead atoms. The summed E-state index contributed by atoms with van der Waals surface area (Å²) in [5, 5.41) is 2.03. The number of ether oxygens (including phenoxy) is 4. The first-order chi connectivity index (χ1) is 31.3. The summed E-state index contributed by atoms with van der Waals surface area (Å²) in [6.07, 6.45) is 2.78. The standard InChI is InChI=1S/C49H50FN5O10S/c1-48(2,3)64-46(60)51-39-43(58)54-40(45(59)63-41(32-13-9-7-10-14-32)33-15-11-8-12-16-33)35(30-66-44(39)54)27-34-23-26-53(42(34)57)28-31-21-24-52(25-22-31)29-38(56)55(50)36-17-19-37(20-18-36)62-47(61)65-49(4,5)6/h7-22,24-25,27,39,41,44H,23,26,28-30H2,1-6H3/p+1. The number of carbonyl (C=O) groups excluding carboxylic acids is 6. The molecule has 17 heteroatoms. The molecule has 3 aromatic carbocycles. The molecule has 4 heterocycles. The highest BCUT2D eigenvalue weighted by Crippen LogP contribution is 2.43. The van der Waals surface area contributed by atoms with E-state index in [0.29, 0.717) is 24.1 Å². The van der Waals surface area contributed by atoms with Crippen molar-refractivity contribution in [3.8, 4) is 5.75 Å². The number of amides is 4. The fourth-order valence-electron chi connectivity index (χ4n) is 7.38. The summed E-state index contributed by atoms with van der Waals surface area (Å²) < 4.78 is 38.5. The first-order valence-electron chi connectivity index (χ1n) is 21.3. The Kier molecular flexibility index (Phi) is 14.0. The van der Waals surface area contributed by atoms with Crippen LogP contribution in [0, 0.1) is 0 Å². The third-order valence-electron chi connectivity index (χ3n) is 10.4. The van der Waals surface area contributed by atoms with Gasteiger partial charge in [0, 0.05) is 36.5 Å². The average Bonchev–Trinajstić information content (AvgIpc) is 3.61. The van der Waals surface area contributed by atoms with E-state index in [2.05, 4.69) is 5.32 Å². The number of benzene rings is 3. The number of nitrogens with zero attached hydrogens (tertiary/aromatic N) is 4. The van der Waals surface area contributed by atoms with Crippen LogP contribution in [0.5, 0.6) is 5.75 Å². The summed E-state index contributed by atoms with van der Waals surface area (Å²) in [4.78, 5) is 82.7. The second kappa shape index (κ2) is 19.6. The summed E-state index contributed by atoms with van der Waals surface area (Å²) in [7, 11) is 0. The van der Waals surface area contributed by atoms with Crippen molar-refractivity contribution < 1.29 is 56.8 Å². The summed E-state index contributed by atoms with van der Waals surface area (Å²) in [6, 6.07) is 26.3. The molecule has 15 nitrogen and oxygen atoms in total. The van der Waals surface area contributed by atoms with Crippen molar-refractivity contribution in [1.82, 2.24) is 15.1 Å². The van der Waals surface area contributed by atoms with E-state index >= 15 is 4.48 Å². The monoisotopic (exact) mass is 920 g/mol. The Morgan fingerprint density at radius 2 is 1.47 bits per heavy atom. The van der Waals surface area contributed by atoms with Gasteiger partial charge >= 0.3 is 24.1 Å². The van der Waals surface area contributed by atoms with Crippen molar-refractivity contribution >= 4 is 53.4 Å². The second-order valence-corrected chi connectivity index (χ2v) is 18.9. The number of nitrogens with one attached hydrogen (secondary N) is 1. The lowest BCUT2D eigenvalue weighted by atomic mass is 10.00. The SMILES string of the molecule is CC(C)(C)OC(=O)NC1C(=O)N2C(C(=O)OC(c3ccccc3)c3ccccc3)=C(C=C3CCN(Cc4cc[n+](CC(=O)N(F)c5ccc(OC(=O)OC(C)(C)C)cc5)cc4)C3=O)CSC12. The summed E-state index contributed by atoms with van der Waals surface area (Å²) in [5.41, 5.74) is 1.47. The number of aromatic nitrogens is 1. The van der Waals surface area contributed by atoms with Crippen molar-refractivity contribution in [2.45, 2.75) is 89.8 Å². The number of hydrogen-bond acceptors (Lipinski definition) is 11. The van der Waals surface area contributed by atoms with Crippen LogP contribution in [-0.4, -0.2) is 80.7 Å². The van der Waals surface area contributed by atoms with E-state index in [0.717, 1.165) is 16.7 Å². The molecular weight excluding hydrogens is 870 g/mol. The lowest BCUT2D eigenvalue weighted by Gasteiger charge is -2.49. The van der Waals surface area contributed by atoms with E-state index in [4.69, 9.17) is 18.9 Å². The molecule has 0 spiro atoms. The number of thioether (sulfide) groups is 1. The number of pyridine rings is 1. The van der Waals surface area contributed by atoms with Gasteiger partial charge in [0.15, 0.2) is 18.5 Å². The van der Waals surface area contributed by atoms with Crippen LogP contribution in [0.4, 0.5) is 19.8 Å². The van der Waals surface area contributed by atoms with Crippen molar-refractivity contribution in [2.24, 2.45) is 0 Å². The van der Waals surface area contributed by atoms with Crippen LogP contribution in [0.2, 0.25) is 0 Å². The Bertz CT molecular complexity index is 2500. The van der Waals surface area contributed by atoms with E-state index in [1.54, 1.807) is 77.0 Å². The number of fused-ring (bicyclic) bond motifs is 1. The van der Waals surface area contributed by atoms with Crippen LogP contribution in [0.25, 0.3) is 0 Å². The first kappa shape index (κ1) is 47.0. The molecule has 1 N–H and O–H groups in total. The average molecular weight is 921 g/mol. The Morgan fingerprint density at radius 3 is 2.06 bits per heavy atom. The minimum absolute atomic E-state index is 0.000153. The molecule has 0 aliphatic carbocycles. The normalized spacial score (nSPS) is 17.8. The van der Waals surface area contributed by atoms with Crippen LogP contribution in [0.3, 0.4) is 0 Å². The van der Waals surface area contributed by atoms with E-state index < -0.39 is 58.8 Å². The number of allylic oxidation sites excluding steroid dienone is 1. The van der Waals surface area contributed by atoms with E-state index in [9.17, 15) is 28.8 Å². The van der Waals surface area contributed by atoms with E-state index in [-0.39, 0.29) is 47.0 Å². The second-order valence-electron chi connectivity index (χ2n) is 17.8. The topological polar surface area (TPSA) is 165 Å². The van der Waals surface area contributed by atoms with Gasteiger partial charge in [-0.05, 0) is 101 Å². The molecule has 4 aromatic rings. The maximum atomic E-state index is 15.1. The predicted molar refractivity (Wildman–Crippen MR) is 241 cm³/mol. The molecule has 7 rings (SSSR count). The number of likely N-dealkylation sites (tertiary alicyclic amines) is 1. The fraction of sp³-hybridized carbons (Fsp3) is 0.327. The first-order valence-corrected chi connectivity index (χ1v) is 22.3. The lowest BCUT2D eigenvalue weighted by molar-refractivity contribution is -0.684. The van der Waals surface area contributed by atoms with Gasteiger partial charge in [0.25, 0.3) is 5.91 Å². The maximum Gasteiger partial charge on any atom is 0.514 e. The third kappa shape index (κ3) is 11.4. The molecule has 66 heavy (non-hydrogen) atoms. The molecule has 2 unspecified atom stereocenters. The van der Waals surface area contributed by atoms with Gasteiger partial charge in [0.1, 0.15) is 34.1 Å². The van der Waals surface area contributed by atoms with Gasteiger partial charge in [-0.15, -0.1) is 16.9 Å². The quantitative estimate of drug-likeness (QED) is 0.0289. The van der Waals surface area contributed by atoms with Gasteiger partial charge in [-0.2, -0.15) is 4.57 Å². The molecule has 3 aliphatic heterocycles. The zero-order valence-corrected chi connectivity index (χ0v) is 38.2. The van der Waals surface area contributed by atoms with Gasteiger partial charge in [-0.3, -0.25) is 19.3 Å². The largest absolute Gasteiger partial charge is 0.514 e. The number of anilines is 1. The number of β-lactam (4-membered cyclic amide) rings is 1. The highest BCUT2D eigenvalue weighted by Gasteiger charge is 2.55. The van der Waals surface area contributed by atoms with Crippen LogP contribution < -0.4 is 19.7 Å². The van der Waals surface area contributed by atoms with Crippen LogP contribution in [-0.2, 0) is 46.5 Å². The molecular formula is C49H51FN5O10S+. The van der Waals surface area contributed by atoms with Crippen molar-refractivity contribution in [1.29, 1.82) is 0 Å². The number of rotatable bonds is 12. The van der Waals surface area contributed by atoms with E-state index in [1.807, 2.05) is 60.7 Å². The van der Waals surface area contributed by atoms with E-state index in [1.165, 1.54) is 45.5 Å². The molecule has 2 fully saturated rings. The van der Waals surface area contributed by atoms with Crippen molar-refractivity contribution in [3.05, 3.63) is 149 Å². The molecule has 3 aliphatic rings. The fourth-order valence-corrected chi connectivity index (χ4v) is 8.69. The summed E-state index contributed by atoms with van der Waals surface area (Å²) >= 11 is 1.35. The number of esters is 1. The molecule has 4 amide bonds. The Morgan fingerprint density at radius 1 is 0.864 bits per heavy atom. The molecule has 2 saturated heterocycles. The predicted octanol–water partition coefficient (Wildman–Crippen LogP) is 7.26. The minimum Gasteiger partial charge on any atom is -0.448 e. The Hall–Kier alpha value is -7.01. The van der Waals surface area contributed by atoms with Crippen LogP contribution in [0.1, 0.15) is 70.8 Å². The molecule has 344 valence electrons. The minimum atomic E-state index is -0.950. The summed E-state index contributed by atoms with van der Waals surface area (Å²) in [5.74, 6) is -2.02. The van der Waals surface area contributed by atoms with Gasteiger partial charge in [-0.1, -0.05) is 65.1 Å². The van der Waals surface area contributed by atoms with Gasteiger partial charge in [0.2, 0.25) is 12.5 Å². The zero-order valence-electron chi connectivity index (χ0n) is 37.4. The number of halogens is 1. The Balaban J connectivity index is 1.04. The highest BCUT2D eigenvalue weighted by atomic mass is 32.2. The smallest absolute Gasteiger partial charge is 0.448 e. The van der Waals surface area contributed by atoms with Gasteiger partial charge in [0.05, 0.1) is 5.69 Å². The highest BCUT2D eigenvalue weighted by molar-refractivity contribution is 8.00. The number of carbonyl (C=O) groups is 6. The third-order valence-corrected chi connectivity index (χ3v) is 11.7. The molecule has 0 radical (unpaired) electrons. The van der Waals surface area contributed by atoms with Gasteiger partial charge < -0.3 is 29.2 Å².